The van der Waals surface area contributed by atoms with Gasteiger partial charge in [0, 0.05) is 17.8 Å². The maximum absolute atomic E-state index is 12.4. The molecular formula is C15H16ClNO5S2. The van der Waals surface area contributed by atoms with Crippen molar-refractivity contribution in [1.29, 1.82) is 0 Å². The van der Waals surface area contributed by atoms with E-state index >= 15 is 0 Å². The fourth-order valence-corrected chi connectivity index (χ4v) is 4.05. The lowest BCUT2D eigenvalue weighted by molar-refractivity contribution is 0.402. The van der Waals surface area contributed by atoms with Gasteiger partial charge < -0.3 is 4.74 Å². The first-order chi connectivity index (χ1) is 11.1. The van der Waals surface area contributed by atoms with Gasteiger partial charge >= 0.3 is 0 Å². The summed E-state index contributed by atoms with van der Waals surface area (Å²) in [5.74, 6) is 0.180. The second kappa shape index (κ2) is 7.10. The van der Waals surface area contributed by atoms with Crippen LogP contribution in [0.1, 0.15) is 5.56 Å². The molecule has 1 N–H and O–H groups in total. The summed E-state index contributed by atoms with van der Waals surface area (Å²) in [6.45, 7) is 0.00203. The molecule has 0 radical (unpaired) electrons. The number of nitrogens with one attached hydrogen (secondary N) is 1. The predicted octanol–water partition coefficient (Wildman–Crippen LogP) is 2.23. The highest BCUT2D eigenvalue weighted by Crippen LogP contribution is 2.27. The summed E-state index contributed by atoms with van der Waals surface area (Å²) in [7, 11) is -5.76. The van der Waals surface area contributed by atoms with E-state index in [4.69, 9.17) is 16.3 Å². The molecule has 2 aromatic carbocycles. The first kappa shape index (κ1) is 18.7. The highest BCUT2D eigenvalue weighted by molar-refractivity contribution is 7.90. The zero-order valence-corrected chi connectivity index (χ0v) is 15.4. The Bertz CT molecular complexity index is 938. The Morgan fingerprint density at radius 3 is 2.21 bits per heavy atom. The van der Waals surface area contributed by atoms with Crippen LogP contribution < -0.4 is 9.46 Å². The average molecular weight is 390 g/mol. The Morgan fingerprint density at radius 1 is 1.04 bits per heavy atom. The van der Waals surface area contributed by atoms with Crippen molar-refractivity contribution in [2.24, 2.45) is 0 Å². The Labute approximate surface area is 146 Å². The van der Waals surface area contributed by atoms with Crippen LogP contribution in [0.4, 0.5) is 0 Å². The third-order valence-electron chi connectivity index (χ3n) is 3.23. The van der Waals surface area contributed by atoms with Crippen molar-refractivity contribution in [2.75, 3.05) is 13.4 Å². The van der Waals surface area contributed by atoms with Crippen LogP contribution in [0.5, 0.6) is 5.75 Å². The van der Waals surface area contributed by atoms with Crippen molar-refractivity contribution in [3.8, 4) is 5.75 Å². The van der Waals surface area contributed by atoms with Gasteiger partial charge in [-0.2, -0.15) is 0 Å². The minimum atomic E-state index is -3.84. The van der Waals surface area contributed by atoms with Gasteiger partial charge in [-0.05, 0) is 35.9 Å². The Balaban J connectivity index is 2.20. The fourth-order valence-electron chi connectivity index (χ4n) is 1.97. The number of rotatable bonds is 6. The number of hydrogen-bond donors (Lipinski definition) is 1. The van der Waals surface area contributed by atoms with E-state index in [1.165, 1.54) is 37.4 Å². The molecule has 0 unspecified atom stereocenters. The lowest BCUT2D eigenvalue weighted by atomic mass is 10.2. The first-order valence-electron chi connectivity index (χ1n) is 6.76. The van der Waals surface area contributed by atoms with Gasteiger partial charge in [-0.1, -0.05) is 23.7 Å². The van der Waals surface area contributed by atoms with E-state index in [0.29, 0.717) is 5.56 Å². The molecule has 0 bridgehead atoms. The molecule has 9 heteroatoms. The van der Waals surface area contributed by atoms with Gasteiger partial charge in [-0.15, -0.1) is 0 Å². The number of ether oxygens (including phenoxy) is 1. The van der Waals surface area contributed by atoms with Gasteiger partial charge in [0.25, 0.3) is 0 Å². The van der Waals surface area contributed by atoms with Gasteiger partial charge in [0.1, 0.15) is 10.6 Å². The number of sulfone groups is 1. The number of halogens is 1. The normalized spacial score (nSPS) is 12.1. The highest BCUT2D eigenvalue weighted by Gasteiger charge is 2.19. The molecular weight excluding hydrogens is 374 g/mol. The van der Waals surface area contributed by atoms with E-state index in [9.17, 15) is 16.8 Å². The van der Waals surface area contributed by atoms with Crippen molar-refractivity contribution in [2.45, 2.75) is 16.3 Å². The van der Waals surface area contributed by atoms with Crippen LogP contribution in [0.2, 0.25) is 5.02 Å². The molecule has 0 amide bonds. The predicted molar refractivity (Wildman–Crippen MR) is 91.6 cm³/mol. The first-order valence-corrected chi connectivity index (χ1v) is 10.5. The summed E-state index contributed by atoms with van der Waals surface area (Å²) >= 11 is 5.85. The van der Waals surface area contributed by atoms with Gasteiger partial charge in [0.05, 0.1) is 12.0 Å². The molecule has 2 aromatic rings. The monoisotopic (exact) mass is 389 g/mol. The molecule has 0 spiro atoms. The summed E-state index contributed by atoms with van der Waals surface area (Å²) in [4.78, 5) is 0.107. The molecule has 6 nitrogen and oxygen atoms in total. The van der Waals surface area contributed by atoms with Crippen LogP contribution in [-0.4, -0.2) is 30.2 Å². The van der Waals surface area contributed by atoms with Crippen LogP contribution in [0, 0.1) is 0 Å². The van der Waals surface area contributed by atoms with Crippen LogP contribution in [0.25, 0.3) is 0 Å². The summed E-state index contributed by atoms with van der Waals surface area (Å²) in [6.07, 6.45) is 1.11. The van der Waals surface area contributed by atoms with Gasteiger partial charge in [0.2, 0.25) is 10.0 Å². The minimum absolute atomic E-state index is 0.00203. The number of sulfonamides is 1. The third kappa shape index (κ3) is 4.47. The van der Waals surface area contributed by atoms with Crippen molar-refractivity contribution in [3.63, 3.8) is 0 Å². The zero-order chi connectivity index (χ0) is 18.0. The van der Waals surface area contributed by atoms with E-state index in [0.717, 1.165) is 6.26 Å². The Kier molecular flexibility index (Phi) is 5.54. The second-order valence-corrected chi connectivity index (χ2v) is 9.22. The van der Waals surface area contributed by atoms with Gasteiger partial charge in [-0.3, -0.25) is 0 Å². The molecule has 0 saturated heterocycles. The van der Waals surface area contributed by atoms with E-state index in [1.54, 1.807) is 12.1 Å². The number of benzene rings is 2. The zero-order valence-electron chi connectivity index (χ0n) is 13.0. The van der Waals surface area contributed by atoms with Crippen LogP contribution in [-0.2, 0) is 26.4 Å². The molecule has 2 rings (SSSR count). The van der Waals surface area contributed by atoms with Crippen molar-refractivity contribution >= 4 is 31.5 Å². The summed E-state index contributed by atoms with van der Waals surface area (Å²) in [5.41, 5.74) is 0.618. The number of hydrogen-bond acceptors (Lipinski definition) is 5. The molecule has 0 heterocycles. The van der Waals surface area contributed by atoms with E-state index in [-0.39, 0.29) is 27.1 Å². The number of methoxy groups -OCH3 is 1. The summed E-state index contributed by atoms with van der Waals surface area (Å²) in [6, 6.07) is 10.3. The SMILES string of the molecule is COc1ccc(Cl)cc1S(=O)(=O)NCc1ccc(S(C)(=O)=O)cc1. The molecule has 24 heavy (non-hydrogen) atoms. The second-order valence-electron chi connectivity index (χ2n) is 5.04. The Morgan fingerprint density at radius 2 is 1.67 bits per heavy atom. The molecule has 0 atom stereocenters. The summed E-state index contributed by atoms with van der Waals surface area (Å²) < 4.78 is 55.1. The quantitative estimate of drug-likeness (QED) is 0.818. The van der Waals surface area contributed by atoms with Crippen molar-refractivity contribution in [3.05, 3.63) is 53.1 Å². The molecule has 0 aliphatic heterocycles. The smallest absolute Gasteiger partial charge is 0.244 e. The standard InChI is InChI=1S/C15H16ClNO5S2/c1-22-14-8-5-12(16)9-15(14)24(20,21)17-10-11-3-6-13(7-4-11)23(2,18)19/h3-9,17H,10H2,1-2H3. The average Bonchev–Trinajstić information content (AvgIpc) is 2.52. The van der Waals surface area contributed by atoms with E-state index in [2.05, 4.69) is 4.72 Å². The third-order valence-corrected chi connectivity index (χ3v) is 6.02. The Hall–Kier alpha value is -1.61. The molecule has 0 fully saturated rings. The highest BCUT2D eigenvalue weighted by atomic mass is 35.5. The summed E-state index contributed by atoms with van der Waals surface area (Å²) in [5, 5.41) is 0.272. The van der Waals surface area contributed by atoms with Crippen LogP contribution in [0.15, 0.2) is 52.3 Å². The molecule has 0 aromatic heterocycles. The van der Waals surface area contributed by atoms with Crippen LogP contribution >= 0.6 is 11.6 Å². The van der Waals surface area contributed by atoms with E-state index in [1.807, 2.05) is 0 Å². The minimum Gasteiger partial charge on any atom is -0.495 e. The van der Waals surface area contributed by atoms with Gasteiger partial charge in [0.15, 0.2) is 9.84 Å². The van der Waals surface area contributed by atoms with Gasteiger partial charge in [-0.25, -0.2) is 21.6 Å². The largest absolute Gasteiger partial charge is 0.495 e. The maximum atomic E-state index is 12.4. The lowest BCUT2D eigenvalue weighted by Gasteiger charge is -2.11. The van der Waals surface area contributed by atoms with Crippen molar-refractivity contribution < 1.29 is 21.6 Å². The fraction of sp³-hybridized carbons (Fsp3) is 0.200. The van der Waals surface area contributed by atoms with Crippen molar-refractivity contribution in [1.82, 2.24) is 4.72 Å². The topological polar surface area (TPSA) is 89.5 Å². The molecule has 0 saturated carbocycles. The lowest BCUT2D eigenvalue weighted by Crippen LogP contribution is -2.23. The molecule has 0 aliphatic rings. The maximum Gasteiger partial charge on any atom is 0.244 e. The molecule has 0 aliphatic carbocycles. The molecule has 130 valence electrons. The van der Waals surface area contributed by atoms with E-state index < -0.39 is 19.9 Å². The van der Waals surface area contributed by atoms with Crippen LogP contribution in [0.3, 0.4) is 0 Å².